The molecule has 2 aliphatic rings. The van der Waals surface area contributed by atoms with Crippen molar-refractivity contribution < 1.29 is 4.79 Å². The Hall–Kier alpha value is -1.26. The SMILES string of the molecule is NC(=O)C1CCC(N=C(N)NC2CC2)CC1. The van der Waals surface area contributed by atoms with Gasteiger partial charge in [0.25, 0.3) is 0 Å². The first-order valence-corrected chi connectivity index (χ1v) is 6.04. The van der Waals surface area contributed by atoms with Gasteiger partial charge in [-0.3, -0.25) is 9.79 Å². The van der Waals surface area contributed by atoms with Crippen molar-refractivity contribution >= 4 is 11.9 Å². The number of carbonyl (C=O) groups excluding carboxylic acids is 1. The molecule has 0 radical (unpaired) electrons. The number of nitrogens with zero attached hydrogens (tertiary/aromatic N) is 1. The van der Waals surface area contributed by atoms with Crippen LogP contribution in [0.3, 0.4) is 0 Å². The zero-order valence-corrected chi connectivity index (χ0v) is 9.48. The molecular weight excluding hydrogens is 204 g/mol. The number of carbonyl (C=O) groups is 1. The first-order valence-electron chi connectivity index (χ1n) is 6.04. The number of hydrogen-bond donors (Lipinski definition) is 3. The maximum absolute atomic E-state index is 11.0. The first-order chi connectivity index (χ1) is 7.65. The lowest BCUT2D eigenvalue weighted by Gasteiger charge is -2.24. The highest BCUT2D eigenvalue weighted by Crippen LogP contribution is 2.26. The fourth-order valence-corrected chi connectivity index (χ4v) is 2.16. The molecule has 0 bridgehead atoms. The fraction of sp³-hybridized carbons (Fsp3) is 0.818. The quantitative estimate of drug-likeness (QED) is 0.468. The van der Waals surface area contributed by atoms with Crippen LogP contribution in [0.5, 0.6) is 0 Å². The third-order valence-electron chi connectivity index (χ3n) is 3.35. The molecule has 5 heteroatoms. The van der Waals surface area contributed by atoms with Gasteiger partial charge in [0.05, 0.1) is 6.04 Å². The Labute approximate surface area is 95.7 Å². The van der Waals surface area contributed by atoms with E-state index in [1.54, 1.807) is 0 Å². The second-order valence-electron chi connectivity index (χ2n) is 4.84. The second kappa shape index (κ2) is 4.72. The lowest BCUT2D eigenvalue weighted by molar-refractivity contribution is -0.122. The van der Waals surface area contributed by atoms with E-state index >= 15 is 0 Å². The van der Waals surface area contributed by atoms with Crippen LogP contribution < -0.4 is 16.8 Å². The van der Waals surface area contributed by atoms with Gasteiger partial charge < -0.3 is 16.8 Å². The van der Waals surface area contributed by atoms with E-state index in [0.29, 0.717) is 12.0 Å². The van der Waals surface area contributed by atoms with Crippen LogP contribution in [0.2, 0.25) is 0 Å². The molecule has 0 aromatic carbocycles. The van der Waals surface area contributed by atoms with E-state index in [-0.39, 0.29) is 17.9 Å². The Kier molecular flexibility index (Phi) is 3.31. The number of rotatable bonds is 3. The van der Waals surface area contributed by atoms with E-state index in [0.717, 1.165) is 25.7 Å². The van der Waals surface area contributed by atoms with Crippen LogP contribution in [0, 0.1) is 5.92 Å². The van der Waals surface area contributed by atoms with E-state index in [9.17, 15) is 4.79 Å². The Bertz CT molecular complexity index is 290. The van der Waals surface area contributed by atoms with Gasteiger partial charge in [0, 0.05) is 12.0 Å². The van der Waals surface area contributed by atoms with Gasteiger partial charge in [-0.1, -0.05) is 0 Å². The molecule has 0 atom stereocenters. The van der Waals surface area contributed by atoms with Crippen molar-refractivity contribution in [2.24, 2.45) is 22.4 Å². The molecule has 0 aromatic heterocycles. The topological polar surface area (TPSA) is 93.5 Å². The lowest BCUT2D eigenvalue weighted by atomic mass is 9.86. The normalized spacial score (nSPS) is 31.1. The van der Waals surface area contributed by atoms with Crippen molar-refractivity contribution in [1.29, 1.82) is 0 Å². The summed E-state index contributed by atoms with van der Waals surface area (Å²) >= 11 is 0. The Balaban J connectivity index is 1.77. The van der Waals surface area contributed by atoms with Gasteiger partial charge in [-0.15, -0.1) is 0 Å². The zero-order valence-electron chi connectivity index (χ0n) is 9.48. The van der Waals surface area contributed by atoms with Crippen LogP contribution in [-0.4, -0.2) is 24.0 Å². The summed E-state index contributed by atoms with van der Waals surface area (Å²) < 4.78 is 0. The number of guanidine groups is 1. The molecule has 0 saturated heterocycles. The summed E-state index contributed by atoms with van der Waals surface area (Å²) in [6.07, 6.45) is 5.93. The van der Waals surface area contributed by atoms with Gasteiger partial charge in [0.2, 0.25) is 5.91 Å². The zero-order chi connectivity index (χ0) is 11.5. The van der Waals surface area contributed by atoms with Gasteiger partial charge in [-0.2, -0.15) is 0 Å². The van der Waals surface area contributed by atoms with Crippen LogP contribution in [0.4, 0.5) is 0 Å². The van der Waals surface area contributed by atoms with Crippen LogP contribution in [0.15, 0.2) is 4.99 Å². The van der Waals surface area contributed by atoms with E-state index < -0.39 is 0 Å². The van der Waals surface area contributed by atoms with E-state index in [2.05, 4.69) is 10.3 Å². The molecular formula is C11H20N4O. The molecule has 2 rings (SSSR count). The van der Waals surface area contributed by atoms with Crippen LogP contribution in [0.1, 0.15) is 38.5 Å². The van der Waals surface area contributed by atoms with E-state index in [1.165, 1.54) is 12.8 Å². The minimum absolute atomic E-state index is 0.0454. The molecule has 0 spiro atoms. The molecule has 5 nitrogen and oxygen atoms in total. The van der Waals surface area contributed by atoms with Crippen molar-refractivity contribution in [1.82, 2.24) is 5.32 Å². The summed E-state index contributed by atoms with van der Waals surface area (Å²) in [5, 5.41) is 3.17. The number of nitrogens with two attached hydrogens (primary N) is 2. The van der Waals surface area contributed by atoms with Crippen LogP contribution >= 0.6 is 0 Å². The summed E-state index contributed by atoms with van der Waals surface area (Å²) in [5.41, 5.74) is 11.1. The summed E-state index contributed by atoms with van der Waals surface area (Å²) in [4.78, 5) is 15.4. The van der Waals surface area contributed by atoms with Gasteiger partial charge in [-0.25, -0.2) is 0 Å². The van der Waals surface area contributed by atoms with Crippen molar-refractivity contribution in [2.45, 2.75) is 50.6 Å². The number of primary amides is 1. The molecule has 2 fully saturated rings. The Morgan fingerprint density at radius 1 is 1.06 bits per heavy atom. The second-order valence-corrected chi connectivity index (χ2v) is 4.84. The van der Waals surface area contributed by atoms with Gasteiger partial charge >= 0.3 is 0 Å². The van der Waals surface area contributed by atoms with E-state index in [1.807, 2.05) is 0 Å². The van der Waals surface area contributed by atoms with Gasteiger partial charge in [0.1, 0.15) is 0 Å². The van der Waals surface area contributed by atoms with Crippen molar-refractivity contribution in [3.63, 3.8) is 0 Å². The highest BCUT2D eigenvalue weighted by molar-refractivity contribution is 5.79. The molecule has 0 aliphatic heterocycles. The van der Waals surface area contributed by atoms with Gasteiger partial charge in [-0.05, 0) is 38.5 Å². The molecule has 5 N–H and O–H groups in total. The molecule has 2 saturated carbocycles. The molecule has 16 heavy (non-hydrogen) atoms. The van der Waals surface area contributed by atoms with Crippen molar-refractivity contribution in [2.75, 3.05) is 0 Å². The average Bonchev–Trinajstić information content (AvgIpc) is 3.02. The predicted molar refractivity (Wildman–Crippen MR) is 62.7 cm³/mol. The molecule has 0 heterocycles. The number of hydrogen-bond acceptors (Lipinski definition) is 2. The summed E-state index contributed by atoms with van der Waals surface area (Å²) in [6, 6.07) is 0.813. The Morgan fingerprint density at radius 2 is 1.69 bits per heavy atom. The average molecular weight is 224 g/mol. The van der Waals surface area contributed by atoms with Gasteiger partial charge in [0.15, 0.2) is 5.96 Å². The van der Waals surface area contributed by atoms with Crippen molar-refractivity contribution in [3.8, 4) is 0 Å². The van der Waals surface area contributed by atoms with Crippen molar-refractivity contribution in [3.05, 3.63) is 0 Å². The minimum Gasteiger partial charge on any atom is -0.370 e. The lowest BCUT2D eigenvalue weighted by Crippen LogP contribution is -2.36. The summed E-state index contributed by atoms with van der Waals surface area (Å²) in [5.74, 6) is 0.431. The number of aliphatic imine (C=N–C) groups is 1. The smallest absolute Gasteiger partial charge is 0.220 e. The standard InChI is InChI=1S/C11H20N4O/c12-10(16)7-1-3-8(4-2-7)14-11(13)15-9-5-6-9/h7-9H,1-6H2,(H2,12,16)(H3,13,14,15). The molecule has 0 unspecified atom stereocenters. The van der Waals surface area contributed by atoms with Crippen LogP contribution in [-0.2, 0) is 4.79 Å². The third kappa shape index (κ3) is 3.12. The fourth-order valence-electron chi connectivity index (χ4n) is 2.16. The maximum atomic E-state index is 11.0. The summed E-state index contributed by atoms with van der Waals surface area (Å²) in [7, 11) is 0. The monoisotopic (exact) mass is 224 g/mol. The first kappa shape index (κ1) is 11.2. The molecule has 0 aromatic rings. The highest BCUT2D eigenvalue weighted by Gasteiger charge is 2.25. The predicted octanol–water partition coefficient (Wildman–Crippen LogP) is 0.0972. The third-order valence-corrected chi connectivity index (χ3v) is 3.35. The Morgan fingerprint density at radius 3 is 2.19 bits per heavy atom. The molecule has 2 aliphatic carbocycles. The largest absolute Gasteiger partial charge is 0.370 e. The summed E-state index contributed by atoms with van der Waals surface area (Å²) in [6.45, 7) is 0. The van der Waals surface area contributed by atoms with E-state index in [4.69, 9.17) is 11.5 Å². The molecule has 90 valence electrons. The number of nitrogens with one attached hydrogen (secondary N) is 1. The highest BCUT2D eigenvalue weighted by atomic mass is 16.1. The maximum Gasteiger partial charge on any atom is 0.220 e. The molecule has 1 amide bonds. The number of amides is 1. The van der Waals surface area contributed by atoms with Crippen LogP contribution in [0.25, 0.3) is 0 Å². The minimum atomic E-state index is -0.175.